The summed E-state index contributed by atoms with van der Waals surface area (Å²) in [4.78, 5) is 10.6. The van der Waals surface area contributed by atoms with Gasteiger partial charge in [0.1, 0.15) is 30.6 Å². The van der Waals surface area contributed by atoms with E-state index in [9.17, 15) is 25.2 Å². The van der Waals surface area contributed by atoms with Crippen LogP contribution >= 0.6 is 0 Å². The van der Waals surface area contributed by atoms with Gasteiger partial charge in [0.05, 0.1) is 6.61 Å². The highest BCUT2D eigenvalue weighted by atomic mass is 16.6. The smallest absolute Gasteiger partial charge is 0.303 e. The number of rotatable bonds is 19. The molecule has 1 heterocycles. The van der Waals surface area contributed by atoms with Crippen molar-refractivity contribution in [1.29, 1.82) is 0 Å². The minimum atomic E-state index is -1.37. The second-order valence-corrected chi connectivity index (χ2v) is 9.22. The Morgan fingerprint density at radius 2 is 1.34 bits per heavy atom. The molecule has 1 aliphatic heterocycles. The van der Waals surface area contributed by atoms with E-state index in [1.165, 1.54) is 32.1 Å². The van der Waals surface area contributed by atoms with Crippen LogP contribution in [0.25, 0.3) is 0 Å². The molecular formula is C24H47NO7. The summed E-state index contributed by atoms with van der Waals surface area (Å²) in [6.07, 6.45) is 9.46. The molecule has 0 aromatic carbocycles. The van der Waals surface area contributed by atoms with Crippen LogP contribution in [0.15, 0.2) is 0 Å². The number of unbranched alkanes of at least 4 members (excludes halogenated alkanes) is 10. The van der Waals surface area contributed by atoms with Crippen molar-refractivity contribution >= 4 is 5.97 Å². The van der Waals surface area contributed by atoms with Crippen LogP contribution in [-0.2, 0) is 9.53 Å². The van der Waals surface area contributed by atoms with Gasteiger partial charge in [-0.25, -0.2) is 0 Å². The predicted octanol–water partition coefficient (Wildman–Crippen LogP) is 2.70. The third-order valence-corrected chi connectivity index (χ3v) is 6.39. The lowest BCUT2D eigenvalue weighted by atomic mass is 9.96. The van der Waals surface area contributed by atoms with Crippen LogP contribution < -0.4 is 5.32 Å². The number of hydrogen-bond acceptors (Lipinski definition) is 7. The second kappa shape index (κ2) is 17.7. The first-order chi connectivity index (χ1) is 15.4. The van der Waals surface area contributed by atoms with E-state index in [0.717, 1.165) is 51.4 Å². The van der Waals surface area contributed by atoms with Gasteiger partial charge in [0.2, 0.25) is 0 Å². The molecule has 0 aliphatic carbocycles. The minimum Gasteiger partial charge on any atom is -0.481 e. The van der Waals surface area contributed by atoms with E-state index in [0.29, 0.717) is 6.42 Å². The zero-order valence-electron chi connectivity index (χ0n) is 19.8. The maximum atomic E-state index is 10.6. The first-order valence-electron chi connectivity index (χ1n) is 12.7. The number of ether oxygens (including phenoxy) is 1. The van der Waals surface area contributed by atoms with E-state index in [2.05, 4.69) is 12.2 Å². The summed E-state index contributed by atoms with van der Waals surface area (Å²) in [5.74, 6) is -0.747. The van der Waals surface area contributed by atoms with Crippen molar-refractivity contribution in [2.75, 3.05) is 6.61 Å². The Hall–Kier alpha value is -0.770. The van der Waals surface area contributed by atoms with Gasteiger partial charge in [-0.3, -0.25) is 10.1 Å². The lowest BCUT2D eigenvalue weighted by Crippen LogP contribution is -2.63. The van der Waals surface area contributed by atoms with Gasteiger partial charge in [-0.15, -0.1) is 0 Å². The Morgan fingerprint density at radius 3 is 1.88 bits per heavy atom. The summed E-state index contributed by atoms with van der Waals surface area (Å²) in [5.41, 5.74) is 0. The van der Waals surface area contributed by atoms with Crippen molar-refractivity contribution in [3.05, 3.63) is 0 Å². The third-order valence-electron chi connectivity index (χ3n) is 6.39. The molecule has 0 aromatic heterocycles. The Labute approximate surface area is 193 Å². The molecule has 8 nitrogen and oxygen atoms in total. The minimum absolute atomic E-state index is 0.103. The number of carboxylic acids is 1. The van der Waals surface area contributed by atoms with Crippen molar-refractivity contribution in [1.82, 2.24) is 5.32 Å². The van der Waals surface area contributed by atoms with Crippen molar-refractivity contribution in [3.63, 3.8) is 0 Å². The zero-order valence-corrected chi connectivity index (χ0v) is 19.8. The normalized spacial score (nSPS) is 26.8. The molecule has 6 N–H and O–H groups in total. The van der Waals surface area contributed by atoms with Gasteiger partial charge in [-0.2, -0.15) is 0 Å². The number of hydrogen-bond donors (Lipinski definition) is 6. The SMILES string of the molecule is CCCCCCCCCC(CCCCCCCC(=O)O)NC1O[C@H](CO)[C@H](O)[C@H](O)[C@H]1O. The molecule has 0 amide bonds. The fraction of sp³-hybridized carbons (Fsp3) is 0.958. The Morgan fingerprint density at radius 1 is 0.812 bits per heavy atom. The van der Waals surface area contributed by atoms with E-state index in [1.54, 1.807) is 0 Å². The summed E-state index contributed by atoms with van der Waals surface area (Å²) in [7, 11) is 0. The molecule has 32 heavy (non-hydrogen) atoms. The predicted molar refractivity (Wildman–Crippen MR) is 123 cm³/mol. The van der Waals surface area contributed by atoms with Gasteiger partial charge in [0.15, 0.2) is 0 Å². The lowest BCUT2D eigenvalue weighted by Gasteiger charge is -2.41. The summed E-state index contributed by atoms with van der Waals surface area (Å²) in [6, 6.07) is 0.103. The quantitative estimate of drug-likeness (QED) is 0.161. The fourth-order valence-electron chi connectivity index (χ4n) is 4.33. The van der Waals surface area contributed by atoms with E-state index in [1.807, 2.05) is 0 Å². The number of aliphatic hydroxyl groups is 4. The summed E-state index contributed by atoms with van der Waals surface area (Å²) in [5, 5.41) is 51.8. The molecule has 0 saturated carbocycles. The van der Waals surface area contributed by atoms with Gasteiger partial charge in [0, 0.05) is 12.5 Å². The molecule has 6 atom stereocenters. The second-order valence-electron chi connectivity index (χ2n) is 9.22. The van der Waals surface area contributed by atoms with Crippen LogP contribution in [0.5, 0.6) is 0 Å². The maximum absolute atomic E-state index is 10.6. The topological polar surface area (TPSA) is 139 Å². The number of aliphatic hydroxyl groups excluding tert-OH is 4. The highest BCUT2D eigenvalue weighted by molar-refractivity contribution is 5.66. The molecule has 0 spiro atoms. The summed E-state index contributed by atoms with van der Waals surface area (Å²) >= 11 is 0. The Kier molecular flexibility index (Phi) is 16.2. The molecule has 1 rings (SSSR count). The standard InChI is InChI=1S/C24H47NO7/c1-2-3-4-5-6-8-11-14-18(15-12-9-7-10-13-16-20(27)28)25-24-23(31)22(30)21(29)19(17-26)32-24/h18-19,21-26,29-31H,2-17H2,1H3,(H,27,28)/t18?,19-,21+,22+,23-,24?/m1/s1. The zero-order chi connectivity index (χ0) is 23.8. The monoisotopic (exact) mass is 461 g/mol. The molecule has 8 heteroatoms. The average Bonchev–Trinajstić information content (AvgIpc) is 2.77. The Balaban J connectivity index is 2.46. The van der Waals surface area contributed by atoms with E-state index in [-0.39, 0.29) is 12.5 Å². The van der Waals surface area contributed by atoms with Gasteiger partial charge < -0.3 is 30.3 Å². The highest BCUT2D eigenvalue weighted by Gasteiger charge is 2.43. The van der Waals surface area contributed by atoms with Crippen LogP contribution in [-0.4, -0.2) is 74.8 Å². The lowest BCUT2D eigenvalue weighted by molar-refractivity contribution is -0.238. The van der Waals surface area contributed by atoms with Crippen molar-refractivity contribution < 1.29 is 35.1 Å². The van der Waals surface area contributed by atoms with Crippen molar-refractivity contribution in [3.8, 4) is 0 Å². The largest absolute Gasteiger partial charge is 0.481 e. The number of nitrogens with one attached hydrogen (secondary N) is 1. The summed E-state index contributed by atoms with van der Waals surface area (Å²) < 4.78 is 5.64. The summed E-state index contributed by atoms with van der Waals surface area (Å²) in [6.45, 7) is 1.78. The molecule has 1 aliphatic rings. The molecular weight excluding hydrogens is 414 g/mol. The fourth-order valence-corrected chi connectivity index (χ4v) is 4.33. The first kappa shape index (κ1) is 29.3. The maximum Gasteiger partial charge on any atom is 0.303 e. The van der Waals surface area contributed by atoms with Gasteiger partial charge in [-0.1, -0.05) is 77.6 Å². The van der Waals surface area contributed by atoms with Crippen LogP contribution in [0, 0.1) is 0 Å². The van der Waals surface area contributed by atoms with Crippen LogP contribution in [0.3, 0.4) is 0 Å². The van der Waals surface area contributed by atoms with E-state index >= 15 is 0 Å². The molecule has 0 aromatic rings. The third kappa shape index (κ3) is 11.9. The van der Waals surface area contributed by atoms with Gasteiger partial charge in [-0.05, 0) is 19.3 Å². The first-order valence-corrected chi connectivity index (χ1v) is 12.7. The van der Waals surface area contributed by atoms with Gasteiger partial charge >= 0.3 is 5.97 Å². The van der Waals surface area contributed by atoms with E-state index < -0.39 is 43.2 Å². The number of carbonyl (C=O) groups is 1. The average molecular weight is 462 g/mol. The molecule has 190 valence electrons. The number of carboxylic acid groups (broad SMARTS) is 1. The Bertz CT molecular complexity index is 477. The molecule has 0 radical (unpaired) electrons. The number of aliphatic carboxylic acids is 1. The molecule has 1 fully saturated rings. The van der Waals surface area contributed by atoms with Crippen LogP contribution in [0.2, 0.25) is 0 Å². The van der Waals surface area contributed by atoms with Crippen molar-refractivity contribution in [2.45, 2.75) is 140 Å². The molecule has 0 bridgehead atoms. The van der Waals surface area contributed by atoms with Crippen LogP contribution in [0.4, 0.5) is 0 Å². The van der Waals surface area contributed by atoms with Gasteiger partial charge in [0.25, 0.3) is 0 Å². The van der Waals surface area contributed by atoms with Crippen LogP contribution in [0.1, 0.15) is 103 Å². The highest BCUT2D eigenvalue weighted by Crippen LogP contribution is 2.22. The molecule has 2 unspecified atom stereocenters. The van der Waals surface area contributed by atoms with Crippen molar-refractivity contribution in [2.24, 2.45) is 0 Å². The van der Waals surface area contributed by atoms with E-state index in [4.69, 9.17) is 9.84 Å². The molecule has 1 saturated heterocycles.